The minimum atomic E-state index is 0. The number of piperidine rings is 1. The summed E-state index contributed by atoms with van der Waals surface area (Å²) in [6.45, 7) is 3.91. The molecule has 0 radical (unpaired) electrons. The van der Waals surface area contributed by atoms with Crippen LogP contribution in [0.1, 0.15) is 69.2 Å². The first-order chi connectivity index (χ1) is 11.3. The van der Waals surface area contributed by atoms with E-state index in [1.54, 1.807) is 0 Å². The fourth-order valence-corrected chi connectivity index (χ4v) is 4.37. The number of hydrogen-bond acceptors (Lipinski definition) is 6. The van der Waals surface area contributed by atoms with Crippen molar-refractivity contribution in [2.24, 2.45) is 5.41 Å². The molecule has 1 saturated carbocycles. The van der Waals surface area contributed by atoms with Crippen LogP contribution < -0.4 is 10.6 Å². The molecule has 0 aromatic carbocycles. The van der Waals surface area contributed by atoms with Crippen LogP contribution in [0.3, 0.4) is 0 Å². The maximum atomic E-state index is 5.59. The Labute approximate surface area is 162 Å². The Bertz CT molecular complexity index is 507. The van der Waals surface area contributed by atoms with Gasteiger partial charge in [-0.3, -0.25) is 0 Å². The highest BCUT2D eigenvalue weighted by molar-refractivity contribution is 5.85. The Morgan fingerprint density at radius 2 is 1.84 bits per heavy atom. The lowest BCUT2D eigenvalue weighted by atomic mass is 9.67. The van der Waals surface area contributed by atoms with Crippen molar-refractivity contribution in [3.63, 3.8) is 0 Å². The first-order valence-electron chi connectivity index (χ1n) is 9.21. The third kappa shape index (κ3) is 5.07. The van der Waals surface area contributed by atoms with Gasteiger partial charge < -0.3 is 19.9 Å². The Hall–Kier alpha value is -0.400. The average molecular weight is 393 g/mol. The highest BCUT2D eigenvalue weighted by atomic mass is 35.5. The van der Waals surface area contributed by atoms with Crippen molar-refractivity contribution in [2.75, 3.05) is 19.7 Å². The quantitative estimate of drug-likeness (QED) is 0.819. The highest BCUT2D eigenvalue weighted by Crippen LogP contribution is 2.43. The Morgan fingerprint density at radius 1 is 1.08 bits per heavy atom. The third-order valence-corrected chi connectivity index (χ3v) is 5.95. The normalized spacial score (nSPS) is 26.2. The van der Waals surface area contributed by atoms with Gasteiger partial charge in [0.05, 0.1) is 6.54 Å². The van der Waals surface area contributed by atoms with Crippen molar-refractivity contribution in [1.82, 2.24) is 20.8 Å². The molecular formula is C17H30Cl2N4O2. The average Bonchev–Trinajstić information content (AvgIpc) is 3.27. The molecule has 3 fully saturated rings. The van der Waals surface area contributed by atoms with Crippen LogP contribution >= 0.6 is 24.8 Å². The lowest BCUT2D eigenvalue weighted by molar-refractivity contribution is 0.0835. The summed E-state index contributed by atoms with van der Waals surface area (Å²) in [6, 6.07) is 0.597. The molecule has 8 heteroatoms. The standard InChI is InChI=1S/C17H28N4O2.2ClH/c1-2-14(22-11-1)16-20-15(21-23-16)12-19-13-3-5-17(6-4-13)7-9-18-10-8-17;;/h13-14,18-19H,1-12H2;2*1H. The summed E-state index contributed by atoms with van der Waals surface area (Å²) < 4.78 is 10.9. The van der Waals surface area contributed by atoms with Gasteiger partial charge in [-0.1, -0.05) is 5.16 Å². The van der Waals surface area contributed by atoms with E-state index in [-0.39, 0.29) is 30.9 Å². The summed E-state index contributed by atoms with van der Waals surface area (Å²) in [7, 11) is 0. The first kappa shape index (κ1) is 20.9. The van der Waals surface area contributed by atoms with Gasteiger partial charge in [0.1, 0.15) is 6.10 Å². The Balaban J connectivity index is 0.00000113. The third-order valence-electron chi connectivity index (χ3n) is 5.95. The predicted molar refractivity (Wildman–Crippen MR) is 100 cm³/mol. The van der Waals surface area contributed by atoms with E-state index in [0.717, 1.165) is 25.3 Å². The van der Waals surface area contributed by atoms with Gasteiger partial charge in [-0.2, -0.15) is 4.98 Å². The molecule has 2 aliphatic heterocycles. The van der Waals surface area contributed by atoms with Crippen molar-refractivity contribution in [2.45, 2.75) is 70.1 Å². The monoisotopic (exact) mass is 392 g/mol. The molecule has 2 saturated heterocycles. The van der Waals surface area contributed by atoms with Gasteiger partial charge in [0.2, 0.25) is 0 Å². The molecule has 1 unspecified atom stereocenters. The van der Waals surface area contributed by atoms with Gasteiger partial charge in [-0.25, -0.2) is 0 Å². The molecule has 6 nitrogen and oxygen atoms in total. The molecule has 144 valence electrons. The Morgan fingerprint density at radius 3 is 2.52 bits per heavy atom. The molecule has 0 bridgehead atoms. The van der Waals surface area contributed by atoms with E-state index < -0.39 is 0 Å². The molecule has 1 spiro atoms. The number of nitrogens with one attached hydrogen (secondary N) is 2. The smallest absolute Gasteiger partial charge is 0.255 e. The maximum absolute atomic E-state index is 5.59. The molecule has 3 heterocycles. The summed E-state index contributed by atoms with van der Waals surface area (Å²) in [6.07, 6.45) is 10.1. The number of nitrogens with zero attached hydrogens (tertiary/aromatic N) is 2. The summed E-state index contributed by atoms with van der Waals surface area (Å²) in [4.78, 5) is 4.49. The zero-order chi connectivity index (χ0) is 15.5. The van der Waals surface area contributed by atoms with Gasteiger partial charge in [0, 0.05) is 12.6 Å². The number of halogens is 2. The van der Waals surface area contributed by atoms with Gasteiger partial charge in [-0.05, 0) is 69.9 Å². The number of rotatable bonds is 4. The molecule has 3 aliphatic rings. The van der Waals surface area contributed by atoms with Crippen molar-refractivity contribution >= 4 is 24.8 Å². The van der Waals surface area contributed by atoms with Crippen molar-refractivity contribution in [1.29, 1.82) is 0 Å². The fourth-order valence-electron chi connectivity index (χ4n) is 4.37. The number of aromatic nitrogens is 2. The van der Waals surface area contributed by atoms with E-state index in [9.17, 15) is 0 Å². The molecule has 1 aromatic heterocycles. The van der Waals surface area contributed by atoms with E-state index in [4.69, 9.17) is 9.26 Å². The Kier molecular flexibility index (Phi) is 7.95. The van der Waals surface area contributed by atoms with E-state index in [2.05, 4.69) is 20.8 Å². The zero-order valence-electron chi connectivity index (χ0n) is 14.7. The summed E-state index contributed by atoms with van der Waals surface area (Å²) in [5.41, 5.74) is 0.628. The number of ether oxygens (including phenoxy) is 1. The second kappa shape index (κ2) is 9.51. The van der Waals surface area contributed by atoms with Crippen LogP contribution in [-0.2, 0) is 11.3 Å². The molecule has 1 aromatic rings. The van der Waals surface area contributed by atoms with Gasteiger partial charge >= 0.3 is 0 Å². The molecule has 25 heavy (non-hydrogen) atoms. The van der Waals surface area contributed by atoms with Crippen LogP contribution in [0.4, 0.5) is 0 Å². The summed E-state index contributed by atoms with van der Waals surface area (Å²) in [5, 5.41) is 11.2. The van der Waals surface area contributed by atoms with E-state index >= 15 is 0 Å². The van der Waals surface area contributed by atoms with Crippen LogP contribution in [0, 0.1) is 5.41 Å². The lowest BCUT2D eigenvalue weighted by Crippen LogP contribution is -2.43. The van der Waals surface area contributed by atoms with Crippen LogP contribution in [-0.4, -0.2) is 35.9 Å². The minimum Gasteiger partial charge on any atom is -0.368 e. The summed E-state index contributed by atoms with van der Waals surface area (Å²) in [5.74, 6) is 1.41. The largest absolute Gasteiger partial charge is 0.368 e. The van der Waals surface area contributed by atoms with Crippen molar-refractivity contribution < 1.29 is 9.26 Å². The topological polar surface area (TPSA) is 72.2 Å². The van der Waals surface area contributed by atoms with Crippen LogP contribution in [0.25, 0.3) is 0 Å². The highest BCUT2D eigenvalue weighted by Gasteiger charge is 2.36. The predicted octanol–water partition coefficient (Wildman–Crippen LogP) is 3.17. The van der Waals surface area contributed by atoms with Crippen LogP contribution in [0.2, 0.25) is 0 Å². The van der Waals surface area contributed by atoms with Crippen molar-refractivity contribution in [3.05, 3.63) is 11.7 Å². The van der Waals surface area contributed by atoms with E-state index in [1.165, 1.54) is 51.6 Å². The number of hydrogen-bond donors (Lipinski definition) is 2. The SMILES string of the molecule is C1COC(c2nc(CNC3CCC4(CCNCC4)CC3)no2)C1.Cl.Cl. The second-order valence-corrected chi connectivity index (χ2v) is 7.46. The van der Waals surface area contributed by atoms with E-state index in [1.807, 2.05) is 0 Å². The molecule has 1 aliphatic carbocycles. The van der Waals surface area contributed by atoms with Crippen LogP contribution in [0.5, 0.6) is 0 Å². The molecule has 1 atom stereocenters. The second-order valence-electron chi connectivity index (χ2n) is 7.46. The van der Waals surface area contributed by atoms with E-state index in [0.29, 0.717) is 23.9 Å². The molecular weight excluding hydrogens is 363 g/mol. The fraction of sp³-hybridized carbons (Fsp3) is 0.882. The van der Waals surface area contributed by atoms with Gasteiger partial charge in [0.25, 0.3) is 5.89 Å². The zero-order valence-corrected chi connectivity index (χ0v) is 16.3. The van der Waals surface area contributed by atoms with Gasteiger partial charge in [0.15, 0.2) is 5.82 Å². The minimum absolute atomic E-state index is 0. The van der Waals surface area contributed by atoms with Gasteiger partial charge in [-0.15, -0.1) is 24.8 Å². The molecule has 4 rings (SSSR count). The summed E-state index contributed by atoms with van der Waals surface area (Å²) >= 11 is 0. The first-order valence-corrected chi connectivity index (χ1v) is 9.21. The molecule has 0 amide bonds. The van der Waals surface area contributed by atoms with Crippen molar-refractivity contribution in [3.8, 4) is 0 Å². The molecule has 2 N–H and O–H groups in total. The van der Waals surface area contributed by atoms with Crippen LogP contribution in [0.15, 0.2) is 4.52 Å². The lowest BCUT2D eigenvalue weighted by Gasteiger charge is -2.43. The maximum Gasteiger partial charge on any atom is 0.255 e.